The number of imidazole rings is 1. The first-order chi connectivity index (χ1) is 41.0. The molecule has 87 heavy (non-hydrogen) atoms. The number of carbonyl (C=O) groups is 5. The number of H-pyrrole nitrogens is 2. The van der Waals surface area contributed by atoms with Crippen molar-refractivity contribution in [2.45, 2.75) is 128 Å². The minimum Gasteiger partial charge on any atom is -0.456 e. The van der Waals surface area contributed by atoms with E-state index in [4.69, 9.17) is 29.4 Å². The number of aromatic amines is 2. The van der Waals surface area contributed by atoms with Crippen LogP contribution in [0, 0.1) is 22.6 Å². The standard InChI is InChI=1S/C43H53NO14.C21H21FN6O/c1-22-26(55-37(51)32(48)30(24-15-11-9-12-16-24)44-38(52)58-39(3,4)5)20-43(53)35(56-36(50)25-17-13-10-14-18-25)33-41(8,34(49)31(47)29(22)40(43,6)7)27(46)19-28-42(33,21-54-28)57-23(2)45;1-27-7-9-28(10-8-27)12-5-6-14-16(11-12)25-20(24-14)18-19(23)17-13(22)3-2-4-15(17)26-21(18)29/h9-18,26-28,30-33,35,46-48,53H,19-21H2,1-8H3,(H,44,52);2-6,11H,7-10H2,1H3,(H,24,25)(H3,23,26,29)/t26-,27-,28+,30-,31+,32+,33-,35-,41+,42-,43+;/m0./s1. The monoisotopic (exact) mass is 1200 g/mol. The van der Waals surface area contributed by atoms with E-state index < -0.39 is 124 Å². The molecule has 9 N–H and O–H groups in total. The second-order valence-corrected chi connectivity index (χ2v) is 25.1. The number of anilines is 2. The number of aliphatic hydroxyl groups is 4. The fourth-order valence-electron chi connectivity index (χ4n) is 13.5. The van der Waals surface area contributed by atoms with E-state index in [0.717, 1.165) is 49.8 Å². The van der Waals surface area contributed by atoms with Crippen molar-refractivity contribution in [2.75, 3.05) is 50.5 Å². The van der Waals surface area contributed by atoms with Crippen molar-refractivity contribution in [1.29, 1.82) is 0 Å². The molecule has 0 unspecified atom stereocenters. The summed E-state index contributed by atoms with van der Waals surface area (Å²) in [4.78, 5) is 96.6. The number of pyridine rings is 1. The molecule has 1 amide bonds. The summed E-state index contributed by atoms with van der Waals surface area (Å²) in [5.74, 6) is -5.51. The first-order valence-electron chi connectivity index (χ1n) is 28.9. The molecule has 4 fully saturated rings. The smallest absolute Gasteiger partial charge is 0.408 e. The van der Waals surface area contributed by atoms with Gasteiger partial charge in [-0.25, -0.2) is 23.8 Å². The van der Waals surface area contributed by atoms with E-state index in [1.165, 1.54) is 38.1 Å². The van der Waals surface area contributed by atoms with Crippen LogP contribution in [0.1, 0.15) is 90.2 Å². The number of piperazine rings is 1. The molecule has 0 spiro atoms. The molecule has 4 aromatic carbocycles. The molecule has 0 radical (unpaired) electrons. The van der Waals surface area contributed by atoms with Crippen molar-refractivity contribution in [1.82, 2.24) is 25.2 Å². The number of fused-ring (bicyclic) bond motifs is 7. The van der Waals surface area contributed by atoms with E-state index in [9.17, 15) is 53.6 Å². The average Bonchev–Trinajstić information content (AvgIpc) is 0.926. The van der Waals surface area contributed by atoms with Crippen LogP contribution < -0.4 is 21.5 Å². The summed E-state index contributed by atoms with van der Waals surface area (Å²) in [5.41, 5.74) is 0.904. The number of nitrogens with one attached hydrogen (secondary N) is 3. The Morgan fingerprint density at radius 1 is 0.897 bits per heavy atom. The minimum absolute atomic E-state index is 0.0637. The maximum atomic E-state index is 14.9. The summed E-state index contributed by atoms with van der Waals surface area (Å²) in [5, 5.41) is 51.8. The SMILES string of the molecule is CC(=O)O[C@@]12CO[C@@H]1C[C@H](O)[C@@]1(C)C(=O)[C@H](O)C3=C(C)[C@@H](OC(=O)[C@H](O)[C@@H](NC(=O)OC(C)(C)C)c4ccccc4)C[C@@](O)([C@@H](OC(=O)c4ccccc4)[C@H]21)C3(C)C.CN1CCN(c2ccc3nc(-c4c(N)c5c(F)cccc5[nH]c4=O)[nH]c3c2)CC1. The number of esters is 3. The number of halogens is 1. The lowest BCUT2D eigenvalue weighted by Crippen LogP contribution is -2.81. The highest BCUT2D eigenvalue weighted by Crippen LogP contribution is 2.64. The zero-order chi connectivity index (χ0) is 62.9. The van der Waals surface area contributed by atoms with E-state index in [-0.39, 0.29) is 46.4 Å². The van der Waals surface area contributed by atoms with Gasteiger partial charge in [0.1, 0.15) is 52.8 Å². The quantitative estimate of drug-likeness (QED) is 0.0456. The number of likely N-dealkylation sites (N-methyl/N-ethyl adjacent to an activating group) is 1. The van der Waals surface area contributed by atoms with Crippen LogP contribution in [-0.4, -0.2) is 163 Å². The van der Waals surface area contributed by atoms with Gasteiger partial charge < -0.3 is 74.9 Å². The van der Waals surface area contributed by atoms with Gasteiger partial charge in [0.05, 0.1) is 63.3 Å². The summed E-state index contributed by atoms with van der Waals surface area (Å²) >= 11 is 0. The number of nitrogens with zero attached hydrogens (tertiary/aromatic N) is 3. The lowest BCUT2D eigenvalue weighted by molar-refractivity contribution is -0.346. The third kappa shape index (κ3) is 11.1. The third-order valence-corrected chi connectivity index (χ3v) is 18.2. The normalized spacial score (nSPS) is 27.6. The molecule has 2 aliphatic heterocycles. The number of nitrogens with two attached hydrogens (primary N) is 1. The Labute approximate surface area is 500 Å². The number of hydrogen-bond donors (Lipinski definition) is 8. The van der Waals surface area contributed by atoms with Crippen LogP contribution in [-0.2, 0) is 38.1 Å². The molecular weight excluding hydrogens is 1130 g/mol. The third-order valence-electron chi connectivity index (χ3n) is 18.2. The highest BCUT2D eigenvalue weighted by atomic mass is 19.1. The molecule has 2 saturated carbocycles. The Morgan fingerprint density at radius 3 is 2.20 bits per heavy atom. The Morgan fingerprint density at radius 2 is 1.56 bits per heavy atom. The number of aromatic nitrogens is 3. The molecule has 23 heteroatoms. The molecule has 2 saturated heterocycles. The number of ether oxygens (including phenoxy) is 5. The van der Waals surface area contributed by atoms with E-state index >= 15 is 0 Å². The lowest BCUT2D eigenvalue weighted by atomic mass is 9.44. The number of Topliss-reactive ketones (excluding diaryl/α,β-unsaturated/α-hetero) is 1. The van der Waals surface area contributed by atoms with Crippen molar-refractivity contribution < 1.29 is 72.5 Å². The summed E-state index contributed by atoms with van der Waals surface area (Å²) in [7, 11) is 2.12. The van der Waals surface area contributed by atoms with E-state index in [1.807, 2.05) is 18.2 Å². The van der Waals surface area contributed by atoms with Crippen LogP contribution in [0.3, 0.4) is 0 Å². The molecule has 22 nitrogen and oxygen atoms in total. The Bertz CT molecular complexity index is 3750. The molecule has 3 aliphatic carbocycles. The van der Waals surface area contributed by atoms with Gasteiger partial charge in [-0.2, -0.15) is 0 Å². The van der Waals surface area contributed by atoms with Gasteiger partial charge in [-0.05, 0) is 101 Å². The largest absolute Gasteiger partial charge is 0.456 e. The number of amides is 1. The van der Waals surface area contributed by atoms with Crippen molar-refractivity contribution in [3.05, 3.63) is 136 Å². The maximum absolute atomic E-state index is 14.9. The molecule has 5 aliphatic rings. The van der Waals surface area contributed by atoms with Crippen molar-refractivity contribution in [2.24, 2.45) is 16.7 Å². The maximum Gasteiger partial charge on any atom is 0.408 e. The number of hydrogen-bond acceptors (Lipinski definition) is 19. The van der Waals surface area contributed by atoms with E-state index in [0.29, 0.717) is 16.9 Å². The van der Waals surface area contributed by atoms with Crippen molar-refractivity contribution >= 4 is 63.1 Å². The fraction of sp³-hybridized carbons (Fsp3) is 0.453. The Hall–Kier alpha value is -8.06. The van der Waals surface area contributed by atoms with Crippen LogP contribution in [0.4, 0.5) is 20.6 Å². The number of nitrogen functional groups attached to an aromatic ring is 1. The van der Waals surface area contributed by atoms with E-state index in [2.05, 4.69) is 37.1 Å². The van der Waals surface area contributed by atoms with Gasteiger partial charge in [0.2, 0.25) is 0 Å². The minimum atomic E-state index is -2.35. The number of alkyl carbamates (subject to hydrolysis) is 1. The number of ketones is 1. The molecule has 2 aromatic heterocycles. The lowest BCUT2D eigenvalue weighted by Gasteiger charge is -2.67. The zero-order valence-electron chi connectivity index (χ0n) is 49.9. The van der Waals surface area contributed by atoms with Gasteiger partial charge >= 0.3 is 24.0 Å². The molecular formula is C64H74FN7O15. The second kappa shape index (κ2) is 23.2. The number of benzene rings is 4. The van der Waals surface area contributed by atoms with Crippen LogP contribution in [0.2, 0.25) is 0 Å². The van der Waals surface area contributed by atoms with Crippen LogP contribution in [0.5, 0.6) is 0 Å². The number of rotatable bonds is 10. The second-order valence-electron chi connectivity index (χ2n) is 25.1. The molecule has 11 atom stereocenters. The van der Waals surface area contributed by atoms with Crippen LogP contribution in [0.25, 0.3) is 33.3 Å². The predicted molar refractivity (Wildman–Crippen MR) is 317 cm³/mol. The molecule has 11 rings (SSSR count). The van der Waals surface area contributed by atoms with Crippen LogP contribution in [0.15, 0.2) is 113 Å². The van der Waals surface area contributed by atoms with Gasteiger partial charge in [0, 0.05) is 57.0 Å². The topological polar surface area (TPSA) is 318 Å². The summed E-state index contributed by atoms with van der Waals surface area (Å²) in [6.07, 6.45) is -11.5. The fourth-order valence-corrected chi connectivity index (χ4v) is 13.5. The highest BCUT2D eigenvalue weighted by Gasteiger charge is 2.78. The molecule has 462 valence electrons. The van der Waals surface area contributed by atoms with Gasteiger partial charge in [0.15, 0.2) is 17.5 Å². The highest BCUT2D eigenvalue weighted by molar-refractivity contribution is 5.98. The number of carbonyl (C=O) groups excluding carboxylic acids is 5. The Balaban J connectivity index is 0.000000239. The van der Waals surface area contributed by atoms with Crippen LogP contribution >= 0.6 is 0 Å². The molecule has 6 aromatic rings. The Kier molecular flexibility index (Phi) is 16.6. The average molecular weight is 1200 g/mol. The predicted octanol–water partition coefficient (Wildman–Crippen LogP) is 5.80. The summed E-state index contributed by atoms with van der Waals surface area (Å²) in [6, 6.07) is 25.1. The van der Waals surface area contributed by atoms with Crippen molar-refractivity contribution in [3.63, 3.8) is 0 Å². The van der Waals surface area contributed by atoms with Crippen molar-refractivity contribution in [3.8, 4) is 11.4 Å². The molecule has 4 heterocycles. The van der Waals surface area contributed by atoms with Gasteiger partial charge in [-0.15, -0.1) is 0 Å². The van der Waals surface area contributed by atoms with Gasteiger partial charge in [-0.3, -0.25) is 14.4 Å². The first-order valence-corrected chi connectivity index (χ1v) is 28.9. The first kappa shape index (κ1) is 62.0. The zero-order valence-corrected chi connectivity index (χ0v) is 49.9. The molecule has 2 bridgehead atoms. The number of aliphatic hydroxyl groups excluding tert-OH is 3. The summed E-state index contributed by atoms with van der Waals surface area (Å²) < 4.78 is 43.8. The van der Waals surface area contributed by atoms with E-state index in [1.54, 1.807) is 89.2 Å². The van der Waals surface area contributed by atoms with Gasteiger partial charge in [0.25, 0.3) is 5.56 Å². The summed E-state index contributed by atoms with van der Waals surface area (Å²) in [6.45, 7) is 15.7. The van der Waals surface area contributed by atoms with Gasteiger partial charge in [-0.1, -0.05) is 68.4 Å².